The second-order valence-corrected chi connectivity index (χ2v) is 25.4. The molecule has 5 rings (SSSR count). The molecular weight excluding hydrogens is 1090 g/mol. The number of phosphoric ester groups is 1. The normalized spacial score (nSPS) is 16.1. The molecular formula is C65H101N5O13P+. The number of ether oxygens (including phenoxy) is 3. The van der Waals surface area contributed by atoms with Crippen molar-refractivity contribution in [2.45, 2.75) is 238 Å². The van der Waals surface area contributed by atoms with E-state index in [1.165, 1.54) is 96.3 Å². The minimum Gasteiger partial charge on any atom is -0.457 e. The van der Waals surface area contributed by atoms with Gasteiger partial charge in [-0.3, -0.25) is 33.0 Å². The van der Waals surface area contributed by atoms with E-state index in [-0.39, 0.29) is 49.6 Å². The quantitative estimate of drug-likeness (QED) is 0.00935. The third kappa shape index (κ3) is 23.5. The zero-order valence-electron chi connectivity index (χ0n) is 51.7. The molecule has 468 valence electrons. The first-order valence-corrected chi connectivity index (χ1v) is 33.3. The number of hydrogen-bond acceptors (Lipinski definition) is 13. The van der Waals surface area contributed by atoms with E-state index >= 15 is 0 Å². The van der Waals surface area contributed by atoms with E-state index in [0.717, 1.165) is 67.8 Å². The standard InChI is InChI=1S/C65H100N5O13P/c1-7-10-12-14-16-18-20-22-24-26-28-30-32-38-57(55(49-81-84(77,78)80-43-42-70(4,5)6)67-59(72)39-33-31-29-27-25-23-21-19-17-15-13-11-8-2)82-60(73)41-40-58(71)66-46-61(74)83-65(9-3)53-45-56-62-51(44-50-36-34-35-37-54(50)68-62)47-69(56)63(75)52(53)48-79-64(65)76/h32,34-38,44-45,55,57H,7-31,33,39-43,46-49H2,1-6H3,(H2-,66,67,71,72,77,78)/p+1/b38-32+/t55-,57+,65-/m0/s1. The molecule has 3 aromatic rings. The van der Waals surface area contributed by atoms with Crippen LogP contribution < -0.4 is 16.2 Å². The summed E-state index contributed by atoms with van der Waals surface area (Å²) in [5.74, 6) is -3.68. The van der Waals surface area contributed by atoms with Crippen molar-refractivity contribution in [2.75, 3.05) is 47.4 Å². The van der Waals surface area contributed by atoms with E-state index in [1.807, 2.05) is 57.6 Å². The fraction of sp³-hybridized carbons (Fsp3) is 0.677. The number of likely N-dealkylation sites (N-methyl/N-ethyl adjacent to an activating group) is 1. The number of benzene rings is 1. The average molecular weight is 1190 g/mol. The Morgan fingerprint density at radius 1 is 0.762 bits per heavy atom. The summed E-state index contributed by atoms with van der Waals surface area (Å²) in [6.07, 6.45) is 30.3. The van der Waals surface area contributed by atoms with Gasteiger partial charge in [-0.05, 0) is 50.0 Å². The average Bonchev–Trinajstić information content (AvgIpc) is 1.76. The molecule has 0 saturated carbocycles. The lowest BCUT2D eigenvalue weighted by atomic mass is 9.85. The molecule has 1 aromatic carbocycles. The van der Waals surface area contributed by atoms with Gasteiger partial charge < -0.3 is 38.8 Å². The summed E-state index contributed by atoms with van der Waals surface area (Å²) in [5, 5.41) is 6.31. The largest absolute Gasteiger partial charge is 0.472 e. The number of hydrogen-bond donors (Lipinski definition) is 3. The number of para-hydroxylation sites is 1. The Kier molecular flexibility index (Phi) is 30.3. The van der Waals surface area contributed by atoms with Gasteiger partial charge in [0.15, 0.2) is 0 Å². The van der Waals surface area contributed by atoms with Gasteiger partial charge in [-0.25, -0.2) is 14.3 Å². The molecule has 2 aliphatic rings. The summed E-state index contributed by atoms with van der Waals surface area (Å²) < 4.78 is 43.4. The number of amides is 2. The maximum atomic E-state index is 14.0. The molecule has 2 aromatic heterocycles. The summed E-state index contributed by atoms with van der Waals surface area (Å²) in [5.41, 5.74) is 0.595. The molecule has 2 amide bonds. The number of phosphoric acid groups is 1. The first kappa shape index (κ1) is 69.5. The van der Waals surface area contributed by atoms with Gasteiger partial charge in [0.1, 0.15) is 32.4 Å². The van der Waals surface area contributed by atoms with E-state index in [1.54, 1.807) is 23.6 Å². The Morgan fingerprint density at radius 3 is 1.96 bits per heavy atom. The number of carbonyl (C=O) groups excluding carboxylic acids is 5. The smallest absolute Gasteiger partial charge is 0.457 e. The topological polar surface area (TPSA) is 228 Å². The molecule has 0 radical (unpaired) electrons. The van der Waals surface area contributed by atoms with Crippen LogP contribution in [0.4, 0.5) is 0 Å². The van der Waals surface area contributed by atoms with Gasteiger partial charge >= 0.3 is 25.7 Å². The van der Waals surface area contributed by atoms with E-state index in [2.05, 4.69) is 24.5 Å². The predicted molar refractivity (Wildman–Crippen MR) is 328 cm³/mol. The van der Waals surface area contributed by atoms with Crippen molar-refractivity contribution in [1.82, 2.24) is 20.2 Å². The Bertz CT molecular complexity index is 2700. The third-order valence-corrected chi connectivity index (χ3v) is 16.9. The highest BCUT2D eigenvalue weighted by Gasteiger charge is 2.50. The minimum atomic E-state index is -4.63. The number of allylic oxidation sites excluding steroid dienone is 1. The number of nitrogens with zero attached hydrogens (tertiary/aromatic N) is 3. The molecule has 4 heterocycles. The van der Waals surface area contributed by atoms with Crippen LogP contribution in [0, 0.1) is 0 Å². The Morgan fingerprint density at radius 2 is 1.36 bits per heavy atom. The van der Waals surface area contributed by atoms with Crippen molar-refractivity contribution in [3.05, 3.63) is 75.6 Å². The number of carbonyl (C=O) groups is 5. The molecule has 0 spiro atoms. The molecule has 1 unspecified atom stereocenters. The molecule has 4 atom stereocenters. The summed E-state index contributed by atoms with van der Waals surface area (Å²) in [4.78, 5) is 97.5. The lowest BCUT2D eigenvalue weighted by molar-refractivity contribution is -0.870. The molecule has 0 saturated heterocycles. The van der Waals surface area contributed by atoms with Gasteiger partial charge in [-0.15, -0.1) is 0 Å². The second kappa shape index (κ2) is 36.7. The van der Waals surface area contributed by atoms with Crippen molar-refractivity contribution < 1.29 is 61.2 Å². The van der Waals surface area contributed by atoms with Gasteiger partial charge in [-0.1, -0.05) is 186 Å². The summed E-state index contributed by atoms with van der Waals surface area (Å²) in [6.45, 7) is 5.19. The number of esters is 3. The number of pyridine rings is 2. The van der Waals surface area contributed by atoms with Crippen LogP contribution in [-0.2, 0) is 70.5 Å². The molecule has 84 heavy (non-hydrogen) atoms. The van der Waals surface area contributed by atoms with E-state index in [0.29, 0.717) is 35.3 Å². The van der Waals surface area contributed by atoms with Crippen LogP contribution >= 0.6 is 7.82 Å². The van der Waals surface area contributed by atoms with Gasteiger partial charge in [0, 0.05) is 29.4 Å². The van der Waals surface area contributed by atoms with Crippen LogP contribution in [0.5, 0.6) is 0 Å². The lowest BCUT2D eigenvalue weighted by Gasteiger charge is -2.35. The molecule has 18 nitrogen and oxygen atoms in total. The highest BCUT2D eigenvalue weighted by atomic mass is 31.2. The van der Waals surface area contributed by atoms with Crippen LogP contribution in [-0.4, -0.2) is 108 Å². The number of aromatic nitrogens is 2. The van der Waals surface area contributed by atoms with Gasteiger partial charge in [0.25, 0.3) is 5.56 Å². The van der Waals surface area contributed by atoms with Crippen molar-refractivity contribution in [1.29, 1.82) is 0 Å². The summed E-state index contributed by atoms with van der Waals surface area (Å²) in [6, 6.07) is 10.1. The van der Waals surface area contributed by atoms with Crippen molar-refractivity contribution in [2.24, 2.45) is 0 Å². The number of fused-ring (bicyclic) bond motifs is 5. The van der Waals surface area contributed by atoms with Gasteiger partial charge in [-0.2, -0.15) is 0 Å². The number of unbranched alkanes of at least 4 members (excludes halogenated alkanes) is 23. The zero-order valence-corrected chi connectivity index (χ0v) is 52.6. The van der Waals surface area contributed by atoms with Crippen LogP contribution in [0.25, 0.3) is 22.3 Å². The predicted octanol–water partition coefficient (Wildman–Crippen LogP) is 12.5. The number of cyclic esters (lactones) is 1. The first-order valence-electron chi connectivity index (χ1n) is 31.8. The van der Waals surface area contributed by atoms with E-state index in [9.17, 15) is 38.2 Å². The molecule has 3 N–H and O–H groups in total. The van der Waals surface area contributed by atoms with Gasteiger partial charge in [0.05, 0.1) is 69.2 Å². The SMILES string of the molecule is CCCCCCCCCCCCC/C=C/[C@@H](OC(=O)CCC(=O)NCC(=O)O[C@]1(CC)C(=O)OCc2c1cc1n(c2=O)Cc2cc3ccccc3nc2-1)[C@H](COP(=O)(O)OCC[N+](C)(C)C)NC(=O)CCCCCCCCCCCCCCC. The fourth-order valence-corrected chi connectivity index (χ4v) is 11.6. The maximum absolute atomic E-state index is 14.0. The molecule has 19 heteroatoms. The number of quaternary nitrogens is 1. The molecule has 2 aliphatic heterocycles. The van der Waals surface area contributed by atoms with Crippen molar-refractivity contribution >= 4 is 48.4 Å². The Hall–Kier alpha value is -5.26. The zero-order chi connectivity index (χ0) is 60.8. The maximum Gasteiger partial charge on any atom is 0.472 e. The van der Waals surface area contributed by atoms with Gasteiger partial charge in [0.2, 0.25) is 17.4 Å². The van der Waals surface area contributed by atoms with Crippen LogP contribution in [0.15, 0.2) is 53.3 Å². The highest BCUT2D eigenvalue weighted by molar-refractivity contribution is 7.47. The highest BCUT2D eigenvalue weighted by Crippen LogP contribution is 2.44. The minimum absolute atomic E-state index is 0.0706. The first-order chi connectivity index (χ1) is 40.4. The molecule has 0 fully saturated rings. The van der Waals surface area contributed by atoms with Crippen molar-refractivity contribution in [3.63, 3.8) is 0 Å². The Labute approximate surface area is 500 Å². The summed E-state index contributed by atoms with van der Waals surface area (Å²) in [7, 11) is 1.13. The number of rotatable bonds is 44. The molecule has 0 bridgehead atoms. The van der Waals surface area contributed by atoms with Crippen LogP contribution in [0.3, 0.4) is 0 Å². The van der Waals surface area contributed by atoms with Crippen LogP contribution in [0.2, 0.25) is 0 Å². The van der Waals surface area contributed by atoms with Crippen LogP contribution in [0.1, 0.15) is 224 Å². The monoisotopic (exact) mass is 1190 g/mol. The van der Waals surface area contributed by atoms with E-state index < -0.39 is 80.9 Å². The van der Waals surface area contributed by atoms with E-state index in [4.69, 9.17) is 28.2 Å². The number of nitrogens with one attached hydrogen (secondary N) is 2. The second-order valence-electron chi connectivity index (χ2n) is 24.0. The Balaban J connectivity index is 1.21. The fourth-order valence-electron chi connectivity index (χ4n) is 10.9. The molecule has 0 aliphatic carbocycles. The third-order valence-electron chi connectivity index (χ3n) is 15.9. The summed E-state index contributed by atoms with van der Waals surface area (Å²) >= 11 is 0. The van der Waals surface area contributed by atoms with Crippen molar-refractivity contribution in [3.8, 4) is 11.4 Å². The lowest BCUT2D eigenvalue weighted by Crippen LogP contribution is -2.48.